The SMILES string of the molecule is Cn1cnc(-c2cc3c(N4CCN(C(=O)OC5COC5)CC4)ccnc3[nH]2)c1. The molecule has 9 heteroatoms. The molecule has 3 aromatic heterocycles. The minimum atomic E-state index is -0.244. The Morgan fingerprint density at radius 1 is 1.25 bits per heavy atom. The molecule has 146 valence electrons. The van der Waals surface area contributed by atoms with E-state index in [9.17, 15) is 4.79 Å². The van der Waals surface area contributed by atoms with Crippen molar-refractivity contribution in [2.45, 2.75) is 6.10 Å². The fourth-order valence-corrected chi connectivity index (χ4v) is 3.61. The summed E-state index contributed by atoms with van der Waals surface area (Å²) in [6, 6.07) is 4.12. The van der Waals surface area contributed by atoms with Gasteiger partial charge < -0.3 is 28.8 Å². The molecule has 9 nitrogen and oxygen atoms in total. The molecule has 0 aliphatic carbocycles. The maximum atomic E-state index is 12.2. The average Bonchev–Trinajstić information content (AvgIpc) is 3.30. The highest BCUT2D eigenvalue weighted by Gasteiger charge is 2.28. The van der Waals surface area contributed by atoms with Crippen molar-refractivity contribution in [1.29, 1.82) is 0 Å². The molecule has 28 heavy (non-hydrogen) atoms. The normalized spacial score (nSPS) is 17.8. The van der Waals surface area contributed by atoms with E-state index in [-0.39, 0.29) is 12.2 Å². The van der Waals surface area contributed by atoms with E-state index in [4.69, 9.17) is 9.47 Å². The van der Waals surface area contributed by atoms with Crippen LogP contribution in [0.1, 0.15) is 0 Å². The van der Waals surface area contributed by atoms with Crippen LogP contribution in [0.2, 0.25) is 0 Å². The molecule has 0 bridgehead atoms. The van der Waals surface area contributed by atoms with Crippen LogP contribution in [0.4, 0.5) is 10.5 Å². The molecular weight excluding hydrogens is 360 g/mol. The second-order valence-electron chi connectivity index (χ2n) is 7.22. The Labute approximate surface area is 161 Å². The molecule has 0 atom stereocenters. The summed E-state index contributed by atoms with van der Waals surface area (Å²) in [5.74, 6) is 0. The maximum absolute atomic E-state index is 12.2. The van der Waals surface area contributed by atoms with E-state index >= 15 is 0 Å². The lowest BCUT2D eigenvalue weighted by Gasteiger charge is -2.37. The zero-order chi connectivity index (χ0) is 19.1. The van der Waals surface area contributed by atoms with Crippen LogP contribution in [0.3, 0.4) is 0 Å². The van der Waals surface area contributed by atoms with Crippen molar-refractivity contribution < 1.29 is 14.3 Å². The van der Waals surface area contributed by atoms with Crippen LogP contribution < -0.4 is 4.90 Å². The van der Waals surface area contributed by atoms with Crippen LogP contribution >= 0.6 is 0 Å². The van der Waals surface area contributed by atoms with Crippen molar-refractivity contribution >= 4 is 22.8 Å². The number of hydrogen-bond acceptors (Lipinski definition) is 6. The van der Waals surface area contributed by atoms with Crippen LogP contribution in [0, 0.1) is 0 Å². The number of ether oxygens (including phenoxy) is 2. The van der Waals surface area contributed by atoms with Gasteiger partial charge in [0.1, 0.15) is 11.3 Å². The summed E-state index contributed by atoms with van der Waals surface area (Å²) >= 11 is 0. The third-order valence-electron chi connectivity index (χ3n) is 5.24. The number of anilines is 1. The fourth-order valence-electron chi connectivity index (χ4n) is 3.61. The number of carbonyl (C=O) groups excluding carboxylic acids is 1. The van der Waals surface area contributed by atoms with Gasteiger partial charge in [0, 0.05) is 56.7 Å². The van der Waals surface area contributed by atoms with E-state index in [2.05, 4.69) is 25.9 Å². The topological polar surface area (TPSA) is 88.5 Å². The number of hydrogen-bond donors (Lipinski definition) is 1. The van der Waals surface area contributed by atoms with Gasteiger partial charge in [-0.25, -0.2) is 14.8 Å². The molecule has 0 aromatic carbocycles. The van der Waals surface area contributed by atoms with Gasteiger partial charge in [-0.1, -0.05) is 0 Å². The zero-order valence-corrected chi connectivity index (χ0v) is 15.7. The quantitative estimate of drug-likeness (QED) is 0.741. The number of nitrogens with zero attached hydrogens (tertiary/aromatic N) is 5. The minimum Gasteiger partial charge on any atom is -0.441 e. The summed E-state index contributed by atoms with van der Waals surface area (Å²) in [5, 5.41) is 1.06. The van der Waals surface area contributed by atoms with Gasteiger partial charge in [0.2, 0.25) is 0 Å². The Kier molecular flexibility index (Phi) is 4.16. The number of aromatic nitrogens is 4. The number of piperazine rings is 1. The summed E-state index contributed by atoms with van der Waals surface area (Å²) in [6.07, 6.45) is 5.24. The summed E-state index contributed by atoms with van der Waals surface area (Å²) < 4.78 is 12.4. The van der Waals surface area contributed by atoms with Gasteiger partial charge in [0.05, 0.1) is 25.2 Å². The van der Waals surface area contributed by atoms with Gasteiger partial charge in [-0.05, 0) is 12.1 Å². The zero-order valence-electron chi connectivity index (χ0n) is 15.7. The van der Waals surface area contributed by atoms with Gasteiger partial charge in [0.15, 0.2) is 6.10 Å². The molecule has 0 spiro atoms. The number of pyridine rings is 1. The number of aryl methyl sites for hydroxylation is 1. The predicted octanol–water partition coefficient (Wildman–Crippen LogP) is 1.62. The van der Waals surface area contributed by atoms with Crippen LogP contribution in [-0.2, 0) is 16.5 Å². The third kappa shape index (κ3) is 3.07. The van der Waals surface area contributed by atoms with Crippen molar-refractivity contribution in [3.63, 3.8) is 0 Å². The molecule has 3 aromatic rings. The van der Waals surface area contributed by atoms with Gasteiger partial charge >= 0.3 is 6.09 Å². The Morgan fingerprint density at radius 3 is 2.75 bits per heavy atom. The van der Waals surface area contributed by atoms with Crippen molar-refractivity contribution in [1.82, 2.24) is 24.4 Å². The molecule has 5 heterocycles. The monoisotopic (exact) mass is 382 g/mol. The van der Waals surface area contributed by atoms with Crippen LogP contribution in [-0.4, -0.2) is 76.0 Å². The van der Waals surface area contributed by atoms with E-state index in [0.29, 0.717) is 26.3 Å². The number of fused-ring (bicyclic) bond motifs is 1. The summed E-state index contributed by atoms with van der Waals surface area (Å²) in [5.41, 5.74) is 3.79. The lowest BCUT2D eigenvalue weighted by molar-refractivity contribution is -0.104. The second kappa shape index (κ2) is 6.83. The standard InChI is InChI=1S/C19H22N6O3/c1-23-9-16(21-12-23)15-8-14-17(2-3-20-18(14)22-15)24-4-6-25(7-5-24)19(26)28-13-10-27-11-13/h2-3,8-9,12-13H,4-7,10-11H2,1H3,(H,20,22). The van der Waals surface area contributed by atoms with Crippen molar-refractivity contribution in [2.24, 2.45) is 7.05 Å². The number of imidazole rings is 1. The maximum Gasteiger partial charge on any atom is 0.410 e. The Bertz CT molecular complexity index is 1000. The third-order valence-corrected chi connectivity index (χ3v) is 5.24. The van der Waals surface area contributed by atoms with E-state index in [1.54, 1.807) is 11.2 Å². The molecular formula is C19H22N6O3. The first-order valence-electron chi connectivity index (χ1n) is 9.42. The molecule has 2 fully saturated rings. The first-order valence-corrected chi connectivity index (χ1v) is 9.42. The van der Waals surface area contributed by atoms with E-state index < -0.39 is 0 Å². The Morgan fingerprint density at radius 2 is 2.07 bits per heavy atom. The number of H-pyrrole nitrogens is 1. The Balaban J connectivity index is 1.32. The average molecular weight is 382 g/mol. The van der Waals surface area contributed by atoms with E-state index in [1.165, 1.54) is 0 Å². The molecule has 0 radical (unpaired) electrons. The van der Waals surface area contributed by atoms with Crippen molar-refractivity contribution in [3.05, 3.63) is 30.9 Å². The van der Waals surface area contributed by atoms with E-state index in [0.717, 1.165) is 41.2 Å². The molecule has 5 rings (SSSR count). The highest BCUT2D eigenvalue weighted by Crippen LogP contribution is 2.30. The van der Waals surface area contributed by atoms with Crippen LogP contribution in [0.25, 0.3) is 22.4 Å². The lowest BCUT2D eigenvalue weighted by atomic mass is 10.2. The molecule has 0 unspecified atom stereocenters. The predicted molar refractivity (Wildman–Crippen MR) is 103 cm³/mol. The first-order chi connectivity index (χ1) is 13.7. The largest absolute Gasteiger partial charge is 0.441 e. The summed E-state index contributed by atoms with van der Waals surface area (Å²) in [6.45, 7) is 3.78. The van der Waals surface area contributed by atoms with Gasteiger partial charge in [-0.2, -0.15) is 0 Å². The van der Waals surface area contributed by atoms with Gasteiger partial charge in [-0.3, -0.25) is 0 Å². The molecule has 2 saturated heterocycles. The van der Waals surface area contributed by atoms with Crippen molar-refractivity contribution in [3.8, 4) is 11.4 Å². The second-order valence-corrected chi connectivity index (χ2v) is 7.22. The molecule has 1 amide bonds. The number of nitrogens with one attached hydrogen (secondary N) is 1. The first kappa shape index (κ1) is 17.1. The lowest BCUT2D eigenvalue weighted by Crippen LogP contribution is -2.51. The molecule has 1 N–H and O–H groups in total. The fraction of sp³-hybridized carbons (Fsp3) is 0.421. The van der Waals surface area contributed by atoms with Crippen LogP contribution in [0.5, 0.6) is 0 Å². The molecule has 2 aliphatic rings. The summed E-state index contributed by atoms with van der Waals surface area (Å²) in [4.78, 5) is 28.5. The van der Waals surface area contributed by atoms with Crippen molar-refractivity contribution in [2.75, 3.05) is 44.3 Å². The number of rotatable bonds is 3. The highest BCUT2D eigenvalue weighted by molar-refractivity contribution is 5.93. The molecule has 2 aliphatic heterocycles. The minimum absolute atomic E-state index is 0.0878. The number of amides is 1. The number of aromatic amines is 1. The highest BCUT2D eigenvalue weighted by atomic mass is 16.6. The summed E-state index contributed by atoms with van der Waals surface area (Å²) in [7, 11) is 1.95. The van der Waals surface area contributed by atoms with Crippen LogP contribution in [0.15, 0.2) is 30.9 Å². The molecule has 0 saturated carbocycles. The Hall–Kier alpha value is -3.07. The van der Waals surface area contributed by atoms with E-state index in [1.807, 2.05) is 30.1 Å². The smallest absolute Gasteiger partial charge is 0.410 e. The van der Waals surface area contributed by atoms with Gasteiger partial charge in [-0.15, -0.1) is 0 Å². The van der Waals surface area contributed by atoms with Gasteiger partial charge in [0.25, 0.3) is 0 Å². The number of carbonyl (C=O) groups is 1.